The number of anilines is 1. The molecule has 0 aliphatic carbocycles. The molecule has 1 heterocycles. The average molecular weight is 342 g/mol. The van der Waals surface area contributed by atoms with Crippen LogP contribution in [0.3, 0.4) is 0 Å². The maximum absolute atomic E-state index is 13.5. The Labute approximate surface area is 147 Å². The lowest BCUT2D eigenvalue weighted by molar-refractivity contribution is 0.0793. The van der Waals surface area contributed by atoms with Gasteiger partial charge in [0, 0.05) is 30.9 Å². The fourth-order valence-corrected chi connectivity index (χ4v) is 3.01. The SMILES string of the molecule is Cc1cc(C(=O)N2CCCC2)ccc1NCCOc1ccccc1F. The lowest BCUT2D eigenvalue weighted by Crippen LogP contribution is -2.27. The molecule has 0 spiro atoms. The van der Waals surface area contributed by atoms with Crippen molar-refractivity contribution in [2.45, 2.75) is 19.8 Å². The van der Waals surface area contributed by atoms with E-state index in [0.29, 0.717) is 13.2 Å². The van der Waals surface area contributed by atoms with Gasteiger partial charge in [0.1, 0.15) is 6.61 Å². The Balaban J connectivity index is 1.53. The second kappa shape index (κ2) is 8.01. The highest BCUT2D eigenvalue weighted by Gasteiger charge is 2.19. The summed E-state index contributed by atoms with van der Waals surface area (Å²) >= 11 is 0. The quantitative estimate of drug-likeness (QED) is 0.811. The summed E-state index contributed by atoms with van der Waals surface area (Å²) in [7, 11) is 0. The molecule has 0 unspecified atom stereocenters. The number of carbonyl (C=O) groups excluding carboxylic acids is 1. The minimum Gasteiger partial charge on any atom is -0.489 e. The zero-order valence-electron chi connectivity index (χ0n) is 14.4. The molecule has 1 aliphatic rings. The fraction of sp³-hybridized carbons (Fsp3) is 0.350. The first-order valence-corrected chi connectivity index (χ1v) is 8.66. The summed E-state index contributed by atoms with van der Waals surface area (Å²) in [4.78, 5) is 14.3. The number of likely N-dealkylation sites (tertiary alicyclic amines) is 1. The van der Waals surface area contributed by atoms with E-state index in [1.807, 2.05) is 30.0 Å². The van der Waals surface area contributed by atoms with Crippen LogP contribution < -0.4 is 10.1 Å². The molecule has 1 amide bonds. The summed E-state index contributed by atoms with van der Waals surface area (Å²) in [5.74, 6) is 0.00562. The summed E-state index contributed by atoms with van der Waals surface area (Å²) in [6.07, 6.45) is 2.18. The van der Waals surface area contributed by atoms with Gasteiger partial charge in [-0.15, -0.1) is 0 Å². The van der Waals surface area contributed by atoms with Crippen LogP contribution in [0.2, 0.25) is 0 Å². The molecule has 0 aromatic heterocycles. The Hall–Kier alpha value is -2.56. The van der Waals surface area contributed by atoms with Crippen molar-refractivity contribution in [2.24, 2.45) is 0 Å². The van der Waals surface area contributed by atoms with Gasteiger partial charge < -0.3 is 15.0 Å². The van der Waals surface area contributed by atoms with E-state index in [-0.39, 0.29) is 17.5 Å². The number of hydrogen-bond donors (Lipinski definition) is 1. The van der Waals surface area contributed by atoms with Gasteiger partial charge in [-0.25, -0.2) is 4.39 Å². The van der Waals surface area contributed by atoms with Crippen molar-refractivity contribution in [3.63, 3.8) is 0 Å². The minimum absolute atomic E-state index is 0.107. The molecule has 25 heavy (non-hydrogen) atoms. The first-order valence-electron chi connectivity index (χ1n) is 8.66. The third-order valence-electron chi connectivity index (χ3n) is 4.38. The number of nitrogens with one attached hydrogen (secondary N) is 1. The molecule has 5 heteroatoms. The number of benzene rings is 2. The van der Waals surface area contributed by atoms with Crippen molar-refractivity contribution in [3.8, 4) is 5.75 Å². The Morgan fingerprint density at radius 2 is 1.96 bits per heavy atom. The molecule has 132 valence electrons. The van der Waals surface area contributed by atoms with Gasteiger partial charge in [0.2, 0.25) is 0 Å². The van der Waals surface area contributed by atoms with Crippen molar-refractivity contribution in [2.75, 3.05) is 31.6 Å². The Morgan fingerprint density at radius 3 is 2.68 bits per heavy atom. The molecular weight excluding hydrogens is 319 g/mol. The standard InChI is InChI=1S/C20H23FN2O2/c1-15-14-16(20(24)23-11-4-5-12-23)8-9-18(15)22-10-13-25-19-7-3-2-6-17(19)21/h2-3,6-9,14,22H,4-5,10-13H2,1H3. The monoisotopic (exact) mass is 342 g/mol. The molecule has 0 radical (unpaired) electrons. The van der Waals surface area contributed by atoms with Crippen molar-refractivity contribution in [1.82, 2.24) is 4.90 Å². The molecule has 1 fully saturated rings. The number of ether oxygens (including phenoxy) is 1. The van der Waals surface area contributed by atoms with Gasteiger partial charge in [-0.2, -0.15) is 0 Å². The van der Waals surface area contributed by atoms with E-state index >= 15 is 0 Å². The molecule has 2 aromatic carbocycles. The smallest absolute Gasteiger partial charge is 0.253 e. The average Bonchev–Trinajstić information content (AvgIpc) is 3.15. The highest BCUT2D eigenvalue weighted by Crippen LogP contribution is 2.20. The van der Waals surface area contributed by atoms with Gasteiger partial charge in [0.15, 0.2) is 11.6 Å². The predicted molar refractivity (Wildman–Crippen MR) is 96.7 cm³/mol. The van der Waals surface area contributed by atoms with Gasteiger partial charge in [-0.1, -0.05) is 12.1 Å². The van der Waals surface area contributed by atoms with Gasteiger partial charge >= 0.3 is 0 Å². The normalized spacial score (nSPS) is 13.8. The van der Waals surface area contributed by atoms with E-state index in [0.717, 1.165) is 42.7 Å². The van der Waals surface area contributed by atoms with E-state index in [4.69, 9.17) is 4.74 Å². The summed E-state index contributed by atoms with van der Waals surface area (Å²) in [5.41, 5.74) is 2.69. The van der Waals surface area contributed by atoms with Gasteiger partial charge in [-0.3, -0.25) is 4.79 Å². The van der Waals surface area contributed by atoms with Crippen molar-refractivity contribution >= 4 is 11.6 Å². The first kappa shape index (κ1) is 17.3. The van der Waals surface area contributed by atoms with E-state index in [1.54, 1.807) is 18.2 Å². The highest BCUT2D eigenvalue weighted by molar-refractivity contribution is 5.95. The largest absolute Gasteiger partial charge is 0.489 e. The summed E-state index contributed by atoms with van der Waals surface area (Å²) in [5, 5.41) is 3.27. The molecule has 3 rings (SSSR count). The van der Waals surface area contributed by atoms with E-state index in [1.165, 1.54) is 6.07 Å². The molecule has 0 bridgehead atoms. The zero-order valence-corrected chi connectivity index (χ0v) is 14.4. The van der Waals surface area contributed by atoms with Crippen LogP contribution in [0.15, 0.2) is 42.5 Å². The van der Waals surface area contributed by atoms with Crippen LogP contribution in [0.1, 0.15) is 28.8 Å². The molecule has 0 saturated carbocycles. The first-order chi connectivity index (χ1) is 12.1. The zero-order chi connectivity index (χ0) is 17.6. The van der Waals surface area contributed by atoms with Crippen LogP contribution in [0.4, 0.5) is 10.1 Å². The van der Waals surface area contributed by atoms with Gasteiger partial charge in [0.05, 0.1) is 0 Å². The summed E-state index contributed by atoms with van der Waals surface area (Å²) < 4.78 is 18.9. The molecule has 1 saturated heterocycles. The molecule has 1 aliphatic heterocycles. The molecular formula is C20H23FN2O2. The third-order valence-corrected chi connectivity index (χ3v) is 4.38. The van der Waals surface area contributed by atoms with Crippen LogP contribution in [0.25, 0.3) is 0 Å². The molecule has 0 atom stereocenters. The second-order valence-corrected chi connectivity index (χ2v) is 6.23. The van der Waals surface area contributed by atoms with Crippen LogP contribution >= 0.6 is 0 Å². The Bertz CT molecular complexity index is 742. The van der Waals surface area contributed by atoms with Crippen LogP contribution in [-0.4, -0.2) is 37.0 Å². The number of hydrogen-bond acceptors (Lipinski definition) is 3. The lowest BCUT2D eigenvalue weighted by atomic mass is 10.1. The highest BCUT2D eigenvalue weighted by atomic mass is 19.1. The fourth-order valence-electron chi connectivity index (χ4n) is 3.01. The van der Waals surface area contributed by atoms with Crippen molar-refractivity contribution < 1.29 is 13.9 Å². The van der Waals surface area contributed by atoms with Crippen molar-refractivity contribution in [3.05, 3.63) is 59.4 Å². The van der Waals surface area contributed by atoms with Crippen LogP contribution in [0, 0.1) is 12.7 Å². The molecule has 1 N–H and O–H groups in total. The number of aryl methyl sites for hydroxylation is 1. The van der Waals surface area contributed by atoms with Gasteiger partial charge in [-0.05, 0) is 55.7 Å². The maximum atomic E-state index is 13.5. The van der Waals surface area contributed by atoms with E-state index in [9.17, 15) is 9.18 Å². The molecule has 2 aromatic rings. The van der Waals surface area contributed by atoms with E-state index in [2.05, 4.69) is 5.32 Å². The number of rotatable bonds is 6. The molecule has 4 nitrogen and oxygen atoms in total. The topological polar surface area (TPSA) is 41.6 Å². The summed E-state index contributed by atoms with van der Waals surface area (Å²) in [6, 6.07) is 12.1. The number of nitrogens with zero attached hydrogens (tertiary/aromatic N) is 1. The van der Waals surface area contributed by atoms with Crippen LogP contribution in [-0.2, 0) is 0 Å². The summed E-state index contributed by atoms with van der Waals surface area (Å²) in [6.45, 7) is 4.58. The second-order valence-electron chi connectivity index (χ2n) is 6.23. The number of halogens is 1. The minimum atomic E-state index is -0.358. The van der Waals surface area contributed by atoms with Gasteiger partial charge in [0.25, 0.3) is 5.91 Å². The van der Waals surface area contributed by atoms with Crippen molar-refractivity contribution in [1.29, 1.82) is 0 Å². The lowest BCUT2D eigenvalue weighted by Gasteiger charge is -2.17. The predicted octanol–water partition coefficient (Wildman–Crippen LogP) is 3.86. The Kier molecular flexibility index (Phi) is 5.53. The number of amides is 1. The van der Waals surface area contributed by atoms with E-state index < -0.39 is 0 Å². The Morgan fingerprint density at radius 1 is 1.20 bits per heavy atom. The maximum Gasteiger partial charge on any atom is 0.253 e. The number of para-hydroxylation sites is 1. The number of carbonyl (C=O) groups is 1. The third kappa shape index (κ3) is 4.29. The van der Waals surface area contributed by atoms with Crippen LogP contribution in [0.5, 0.6) is 5.75 Å².